The summed E-state index contributed by atoms with van der Waals surface area (Å²) in [5, 5.41) is 0. The molecule has 0 N–H and O–H groups in total. The summed E-state index contributed by atoms with van der Waals surface area (Å²) in [6.07, 6.45) is 62.8. The van der Waals surface area contributed by atoms with Crippen molar-refractivity contribution in [3.8, 4) is 0 Å². The number of carbonyl (C=O) groups is 3. The van der Waals surface area contributed by atoms with Gasteiger partial charge in [0, 0.05) is 19.3 Å². The molecule has 1 unspecified atom stereocenters. The number of hydrogen-bond donors (Lipinski definition) is 0. The van der Waals surface area contributed by atoms with Crippen molar-refractivity contribution in [3.05, 3.63) is 36.5 Å². The van der Waals surface area contributed by atoms with Crippen LogP contribution in [0.5, 0.6) is 0 Å². The Morgan fingerprint density at radius 2 is 0.609 bits per heavy atom. The zero-order chi connectivity index (χ0) is 46.5. The van der Waals surface area contributed by atoms with E-state index in [0.717, 1.165) is 89.9 Å². The Labute approximate surface area is 397 Å². The molecule has 0 heterocycles. The second kappa shape index (κ2) is 53.2. The predicted molar refractivity (Wildman–Crippen MR) is 275 cm³/mol. The maximum absolute atomic E-state index is 12.8. The first-order chi connectivity index (χ1) is 31.5. The van der Waals surface area contributed by atoms with Crippen molar-refractivity contribution < 1.29 is 28.6 Å². The number of ether oxygens (including phenoxy) is 3. The Balaban J connectivity index is 4.33. The van der Waals surface area contributed by atoms with Crippen LogP contribution in [-0.2, 0) is 28.6 Å². The van der Waals surface area contributed by atoms with E-state index in [0.29, 0.717) is 19.3 Å². The molecule has 6 heteroatoms. The fourth-order valence-corrected chi connectivity index (χ4v) is 8.22. The zero-order valence-corrected chi connectivity index (χ0v) is 42.8. The monoisotopic (exact) mass is 899 g/mol. The molecule has 0 aromatic heterocycles. The minimum absolute atomic E-state index is 0.0767. The second-order valence-corrected chi connectivity index (χ2v) is 18.8. The van der Waals surface area contributed by atoms with Crippen LogP contribution in [0.4, 0.5) is 0 Å². The highest BCUT2D eigenvalue weighted by molar-refractivity contribution is 5.71. The molecule has 0 amide bonds. The molecule has 1 atom stereocenters. The molecule has 0 aliphatic rings. The van der Waals surface area contributed by atoms with E-state index in [1.54, 1.807) is 0 Å². The third-order valence-corrected chi connectivity index (χ3v) is 12.4. The fraction of sp³-hybridized carbons (Fsp3) is 0.845. The molecular formula is C58H106O6. The number of rotatable bonds is 51. The largest absolute Gasteiger partial charge is 0.462 e. The first-order valence-corrected chi connectivity index (χ1v) is 28.0. The van der Waals surface area contributed by atoms with Gasteiger partial charge < -0.3 is 14.2 Å². The second-order valence-electron chi connectivity index (χ2n) is 18.8. The van der Waals surface area contributed by atoms with E-state index >= 15 is 0 Å². The van der Waals surface area contributed by atoms with Crippen LogP contribution >= 0.6 is 0 Å². The third kappa shape index (κ3) is 50.6. The molecule has 0 radical (unpaired) electrons. The van der Waals surface area contributed by atoms with Gasteiger partial charge in [-0.1, -0.05) is 263 Å². The fourth-order valence-electron chi connectivity index (χ4n) is 8.22. The highest BCUT2D eigenvalue weighted by Crippen LogP contribution is 2.17. The molecule has 0 fully saturated rings. The molecule has 374 valence electrons. The topological polar surface area (TPSA) is 78.9 Å². The Kier molecular flexibility index (Phi) is 51.3. The summed E-state index contributed by atoms with van der Waals surface area (Å²) >= 11 is 0. The quantitative estimate of drug-likeness (QED) is 0.0262. The lowest BCUT2D eigenvalue weighted by atomic mass is 10.0. The van der Waals surface area contributed by atoms with Gasteiger partial charge >= 0.3 is 17.9 Å². The van der Waals surface area contributed by atoms with Gasteiger partial charge in [0.2, 0.25) is 0 Å². The summed E-state index contributed by atoms with van der Waals surface area (Å²) in [6, 6.07) is 0. The Hall–Kier alpha value is -2.37. The molecule has 0 aliphatic heterocycles. The molecular weight excluding hydrogens is 793 g/mol. The van der Waals surface area contributed by atoms with Crippen LogP contribution in [0.1, 0.15) is 297 Å². The smallest absolute Gasteiger partial charge is 0.306 e. The molecule has 0 saturated heterocycles. The number of esters is 3. The van der Waals surface area contributed by atoms with E-state index in [9.17, 15) is 14.4 Å². The lowest BCUT2D eigenvalue weighted by Gasteiger charge is -2.18. The van der Waals surface area contributed by atoms with E-state index in [1.807, 2.05) is 0 Å². The molecule has 0 aromatic rings. The molecule has 6 nitrogen and oxygen atoms in total. The maximum atomic E-state index is 12.8. The van der Waals surface area contributed by atoms with Crippen LogP contribution in [0.25, 0.3) is 0 Å². The van der Waals surface area contributed by atoms with Gasteiger partial charge in [0.25, 0.3) is 0 Å². The average molecular weight is 899 g/mol. The van der Waals surface area contributed by atoms with Crippen molar-refractivity contribution in [3.63, 3.8) is 0 Å². The van der Waals surface area contributed by atoms with Crippen LogP contribution in [-0.4, -0.2) is 37.2 Å². The van der Waals surface area contributed by atoms with Crippen LogP contribution in [0, 0.1) is 0 Å². The molecule has 0 rings (SSSR count). The molecule has 0 aromatic carbocycles. The van der Waals surface area contributed by atoms with Gasteiger partial charge in [-0.15, -0.1) is 0 Å². The highest BCUT2D eigenvalue weighted by atomic mass is 16.6. The average Bonchev–Trinajstić information content (AvgIpc) is 3.29. The summed E-state index contributed by atoms with van der Waals surface area (Å²) in [6.45, 7) is 6.55. The first-order valence-electron chi connectivity index (χ1n) is 28.0. The summed E-state index contributed by atoms with van der Waals surface area (Å²) in [4.78, 5) is 38.1. The summed E-state index contributed by atoms with van der Waals surface area (Å²) < 4.78 is 16.8. The number of unbranched alkanes of at least 4 members (excludes halogenated alkanes) is 34. The minimum Gasteiger partial charge on any atom is -0.462 e. The van der Waals surface area contributed by atoms with Crippen LogP contribution < -0.4 is 0 Å². The number of carbonyl (C=O) groups excluding carboxylic acids is 3. The summed E-state index contributed by atoms with van der Waals surface area (Å²) in [5.41, 5.74) is 0. The third-order valence-electron chi connectivity index (χ3n) is 12.4. The van der Waals surface area contributed by atoms with Crippen molar-refractivity contribution in [2.24, 2.45) is 0 Å². The first kappa shape index (κ1) is 61.6. The van der Waals surface area contributed by atoms with Crippen LogP contribution in [0.2, 0.25) is 0 Å². The van der Waals surface area contributed by atoms with Crippen molar-refractivity contribution in [1.82, 2.24) is 0 Å². The molecule has 0 aliphatic carbocycles. The molecule has 0 bridgehead atoms. The van der Waals surface area contributed by atoms with Gasteiger partial charge in [-0.2, -0.15) is 0 Å². The summed E-state index contributed by atoms with van der Waals surface area (Å²) in [5.74, 6) is -0.882. The van der Waals surface area contributed by atoms with Crippen molar-refractivity contribution in [2.45, 2.75) is 303 Å². The van der Waals surface area contributed by atoms with E-state index in [-0.39, 0.29) is 31.1 Å². The molecule has 64 heavy (non-hydrogen) atoms. The Bertz CT molecular complexity index is 1080. The van der Waals surface area contributed by atoms with Gasteiger partial charge in [-0.05, 0) is 51.4 Å². The Morgan fingerprint density at radius 3 is 0.953 bits per heavy atom. The molecule has 0 saturated carbocycles. The van der Waals surface area contributed by atoms with E-state index in [4.69, 9.17) is 14.2 Å². The van der Waals surface area contributed by atoms with Crippen LogP contribution in [0.15, 0.2) is 36.5 Å². The predicted octanol–water partition coefficient (Wildman–Crippen LogP) is 18.5. The van der Waals surface area contributed by atoms with E-state index < -0.39 is 6.10 Å². The SMILES string of the molecule is CC/C=C\C/C=C\C/C=C\CCCCCCC(=O)OC(COC(=O)CCCCCCCCCCCCCCCC)COC(=O)CCCCCCCCCCCCCCCCCCCC. The number of allylic oxidation sites excluding steroid dienone is 6. The van der Waals surface area contributed by atoms with Crippen LogP contribution in [0.3, 0.4) is 0 Å². The normalized spacial score (nSPS) is 12.2. The highest BCUT2D eigenvalue weighted by Gasteiger charge is 2.19. The number of hydrogen-bond acceptors (Lipinski definition) is 6. The van der Waals surface area contributed by atoms with Gasteiger partial charge in [0.1, 0.15) is 13.2 Å². The van der Waals surface area contributed by atoms with E-state index in [2.05, 4.69) is 57.2 Å². The Morgan fingerprint density at radius 1 is 0.328 bits per heavy atom. The van der Waals surface area contributed by atoms with Gasteiger partial charge in [-0.3, -0.25) is 14.4 Å². The van der Waals surface area contributed by atoms with Gasteiger partial charge in [0.05, 0.1) is 0 Å². The van der Waals surface area contributed by atoms with Crippen molar-refractivity contribution in [2.75, 3.05) is 13.2 Å². The minimum atomic E-state index is -0.779. The lowest BCUT2D eigenvalue weighted by Crippen LogP contribution is -2.30. The standard InChI is InChI=1S/C58H106O6/c1-4-7-10-13-16-19-22-25-28-29-30-31-34-36-39-42-45-48-51-57(60)63-54-55(64-58(61)52-49-46-43-40-37-33-27-24-21-18-15-12-9-6-3)53-62-56(59)50-47-44-41-38-35-32-26-23-20-17-14-11-8-5-2/h9,12,18,21,27,33,55H,4-8,10-11,13-17,19-20,22-26,28-32,34-54H2,1-3H3/b12-9-,21-18-,33-27-. The van der Waals surface area contributed by atoms with Gasteiger partial charge in [0.15, 0.2) is 6.10 Å². The lowest BCUT2D eigenvalue weighted by molar-refractivity contribution is -0.167. The van der Waals surface area contributed by atoms with E-state index in [1.165, 1.54) is 167 Å². The van der Waals surface area contributed by atoms with Crippen molar-refractivity contribution >= 4 is 17.9 Å². The molecule has 0 spiro atoms. The zero-order valence-electron chi connectivity index (χ0n) is 42.8. The summed E-state index contributed by atoms with van der Waals surface area (Å²) in [7, 11) is 0. The van der Waals surface area contributed by atoms with Crippen molar-refractivity contribution in [1.29, 1.82) is 0 Å². The van der Waals surface area contributed by atoms with Gasteiger partial charge in [-0.25, -0.2) is 0 Å². The maximum Gasteiger partial charge on any atom is 0.306 e.